The third kappa shape index (κ3) is 5.17. The number of nitrogens with one attached hydrogen (secondary N) is 2. The third-order valence-electron chi connectivity index (χ3n) is 3.78. The fourth-order valence-corrected chi connectivity index (χ4v) is 2.63. The molecule has 0 aliphatic heterocycles. The Labute approximate surface area is 171 Å². The van der Waals surface area contributed by atoms with Crippen molar-refractivity contribution in [2.45, 2.75) is 6.92 Å². The lowest BCUT2D eigenvalue weighted by Gasteiger charge is -2.08. The van der Waals surface area contributed by atoms with Crippen LogP contribution in [-0.4, -0.2) is 23.3 Å². The Hall–Kier alpha value is -3.19. The van der Waals surface area contributed by atoms with Crippen molar-refractivity contribution in [1.82, 2.24) is 10.3 Å². The molecular formula is C21H18BrN3O3. The Kier molecular flexibility index (Phi) is 6.39. The van der Waals surface area contributed by atoms with Gasteiger partial charge in [0.05, 0.1) is 5.56 Å². The highest BCUT2D eigenvalue weighted by Crippen LogP contribution is 2.22. The number of rotatable bonds is 6. The number of aromatic nitrogens is 1. The number of halogens is 1. The molecule has 1 aromatic heterocycles. The summed E-state index contributed by atoms with van der Waals surface area (Å²) >= 11 is 3.37. The summed E-state index contributed by atoms with van der Waals surface area (Å²) < 4.78 is 6.60. The molecule has 28 heavy (non-hydrogen) atoms. The summed E-state index contributed by atoms with van der Waals surface area (Å²) in [6, 6.07) is 17.3. The van der Waals surface area contributed by atoms with Gasteiger partial charge in [0.2, 0.25) is 5.88 Å². The van der Waals surface area contributed by atoms with Gasteiger partial charge in [0, 0.05) is 34.5 Å². The minimum Gasteiger partial charge on any atom is -0.439 e. The molecule has 0 unspecified atom stereocenters. The van der Waals surface area contributed by atoms with Crippen molar-refractivity contribution >= 4 is 33.4 Å². The standard InChI is InChI=1S/C21H18BrN3O3/c1-2-23-20(26)14-3-8-17(9-4-14)25-21(27)15-5-12-19(24-13-15)28-18-10-6-16(22)7-11-18/h3-13H,2H2,1H3,(H,23,26)(H,25,27). The van der Waals surface area contributed by atoms with Crippen LogP contribution in [-0.2, 0) is 0 Å². The summed E-state index contributed by atoms with van der Waals surface area (Å²) in [5.41, 5.74) is 1.53. The summed E-state index contributed by atoms with van der Waals surface area (Å²) in [4.78, 5) is 28.3. The van der Waals surface area contributed by atoms with Gasteiger partial charge < -0.3 is 15.4 Å². The van der Waals surface area contributed by atoms with E-state index < -0.39 is 0 Å². The summed E-state index contributed by atoms with van der Waals surface area (Å²) in [6.45, 7) is 2.42. The van der Waals surface area contributed by atoms with Crippen LogP contribution in [0, 0.1) is 0 Å². The smallest absolute Gasteiger partial charge is 0.257 e. The van der Waals surface area contributed by atoms with E-state index in [1.807, 2.05) is 31.2 Å². The largest absolute Gasteiger partial charge is 0.439 e. The molecule has 3 aromatic rings. The number of hydrogen-bond acceptors (Lipinski definition) is 4. The predicted molar refractivity (Wildman–Crippen MR) is 111 cm³/mol. The van der Waals surface area contributed by atoms with Gasteiger partial charge in [-0.25, -0.2) is 4.98 Å². The van der Waals surface area contributed by atoms with E-state index in [2.05, 4.69) is 31.5 Å². The first-order valence-corrected chi connectivity index (χ1v) is 9.43. The molecule has 1 heterocycles. The maximum atomic E-state index is 12.4. The zero-order valence-electron chi connectivity index (χ0n) is 15.1. The van der Waals surface area contributed by atoms with Crippen molar-refractivity contribution in [2.24, 2.45) is 0 Å². The molecule has 6 nitrogen and oxygen atoms in total. The monoisotopic (exact) mass is 439 g/mol. The van der Waals surface area contributed by atoms with Crippen LogP contribution in [0.25, 0.3) is 0 Å². The third-order valence-corrected chi connectivity index (χ3v) is 4.31. The van der Waals surface area contributed by atoms with Gasteiger partial charge in [-0.05, 0) is 61.5 Å². The van der Waals surface area contributed by atoms with Crippen LogP contribution < -0.4 is 15.4 Å². The Morgan fingerprint density at radius 3 is 2.21 bits per heavy atom. The minimum atomic E-state index is -0.298. The van der Waals surface area contributed by atoms with Gasteiger partial charge in [-0.3, -0.25) is 9.59 Å². The second kappa shape index (κ2) is 9.14. The summed E-state index contributed by atoms with van der Waals surface area (Å²) in [5.74, 6) is 0.602. The number of amides is 2. The second-order valence-corrected chi connectivity index (χ2v) is 6.75. The highest BCUT2D eigenvalue weighted by atomic mass is 79.9. The number of ether oxygens (including phenoxy) is 1. The molecule has 3 rings (SSSR count). The lowest BCUT2D eigenvalue weighted by atomic mass is 10.2. The van der Waals surface area contributed by atoms with Crippen LogP contribution in [0.3, 0.4) is 0 Å². The first-order chi connectivity index (χ1) is 13.5. The molecule has 0 spiro atoms. The first-order valence-electron chi connectivity index (χ1n) is 8.64. The van der Waals surface area contributed by atoms with Crippen LogP contribution in [0.4, 0.5) is 5.69 Å². The maximum Gasteiger partial charge on any atom is 0.257 e. The number of hydrogen-bond donors (Lipinski definition) is 2. The topological polar surface area (TPSA) is 80.3 Å². The van der Waals surface area contributed by atoms with E-state index in [1.54, 1.807) is 36.4 Å². The number of carbonyl (C=O) groups excluding carboxylic acids is 2. The molecule has 0 atom stereocenters. The highest BCUT2D eigenvalue weighted by molar-refractivity contribution is 9.10. The average Bonchev–Trinajstić information content (AvgIpc) is 2.71. The SMILES string of the molecule is CCNC(=O)c1ccc(NC(=O)c2ccc(Oc3ccc(Br)cc3)nc2)cc1. The number of carbonyl (C=O) groups is 2. The summed E-state index contributed by atoms with van der Waals surface area (Å²) in [6.07, 6.45) is 1.45. The van der Waals surface area contributed by atoms with Gasteiger partial charge in [-0.1, -0.05) is 15.9 Å². The molecule has 0 fully saturated rings. The fourth-order valence-electron chi connectivity index (χ4n) is 2.37. The Bertz CT molecular complexity index is 956. The molecule has 142 valence electrons. The van der Waals surface area contributed by atoms with Crippen LogP contribution in [0.2, 0.25) is 0 Å². The Balaban J connectivity index is 1.61. The minimum absolute atomic E-state index is 0.147. The predicted octanol–water partition coefficient (Wildman–Crippen LogP) is 4.64. The molecule has 2 amide bonds. The number of anilines is 1. The maximum absolute atomic E-state index is 12.4. The van der Waals surface area contributed by atoms with Crippen LogP contribution >= 0.6 is 15.9 Å². The fraction of sp³-hybridized carbons (Fsp3) is 0.0952. The summed E-state index contributed by atoms with van der Waals surface area (Å²) in [7, 11) is 0. The summed E-state index contributed by atoms with van der Waals surface area (Å²) in [5, 5.41) is 5.50. The van der Waals surface area contributed by atoms with Gasteiger partial charge in [-0.15, -0.1) is 0 Å². The van der Waals surface area contributed by atoms with E-state index in [1.165, 1.54) is 6.20 Å². The van der Waals surface area contributed by atoms with Crippen molar-refractivity contribution < 1.29 is 14.3 Å². The normalized spacial score (nSPS) is 10.2. The lowest BCUT2D eigenvalue weighted by Crippen LogP contribution is -2.22. The number of nitrogens with zero attached hydrogens (tertiary/aromatic N) is 1. The van der Waals surface area contributed by atoms with Gasteiger partial charge in [0.1, 0.15) is 5.75 Å². The van der Waals surface area contributed by atoms with Gasteiger partial charge in [-0.2, -0.15) is 0 Å². The molecule has 2 N–H and O–H groups in total. The molecule has 0 aliphatic carbocycles. The molecule has 0 bridgehead atoms. The second-order valence-electron chi connectivity index (χ2n) is 5.83. The number of pyridine rings is 1. The Morgan fingerprint density at radius 1 is 0.929 bits per heavy atom. The van der Waals surface area contributed by atoms with E-state index in [0.29, 0.717) is 35.0 Å². The average molecular weight is 440 g/mol. The van der Waals surface area contributed by atoms with Crippen molar-refractivity contribution in [2.75, 3.05) is 11.9 Å². The van der Waals surface area contributed by atoms with Crippen molar-refractivity contribution in [1.29, 1.82) is 0 Å². The molecule has 7 heteroatoms. The van der Waals surface area contributed by atoms with Crippen LogP contribution in [0.5, 0.6) is 11.6 Å². The van der Waals surface area contributed by atoms with E-state index in [9.17, 15) is 9.59 Å². The van der Waals surface area contributed by atoms with E-state index in [4.69, 9.17) is 4.74 Å². The van der Waals surface area contributed by atoms with Crippen molar-refractivity contribution in [3.63, 3.8) is 0 Å². The van der Waals surface area contributed by atoms with Crippen LogP contribution in [0.15, 0.2) is 71.3 Å². The van der Waals surface area contributed by atoms with E-state index >= 15 is 0 Å². The molecule has 0 saturated heterocycles. The van der Waals surface area contributed by atoms with Gasteiger partial charge >= 0.3 is 0 Å². The highest BCUT2D eigenvalue weighted by Gasteiger charge is 2.09. The molecule has 2 aromatic carbocycles. The zero-order valence-corrected chi connectivity index (χ0v) is 16.7. The molecule has 0 aliphatic rings. The molecular weight excluding hydrogens is 422 g/mol. The van der Waals surface area contributed by atoms with Gasteiger partial charge in [0.15, 0.2) is 0 Å². The number of benzene rings is 2. The van der Waals surface area contributed by atoms with Crippen molar-refractivity contribution in [3.8, 4) is 11.6 Å². The Morgan fingerprint density at radius 2 is 1.61 bits per heavy atom. The lowest BCUT2D eigenvalue weighted by molar-refractivity contribution is 0.0955. The van der Waals surface area contributed by atoms with E-state index in [0.717, 1.165) is 4.47 Å². The first kappa shape index (κ1) is 19.6. The van der Waals surface area contributed by atoms with E-state index in [-0.39, 0.29) is 11.8 Å². The van der Waals surface area contributed by atoms with Gasteiger partial charge in [0.25, 0.3) is 11.8 Å². The molecule has 0 radical (unpaired) electrons. The van der Waals surface area contributed by atoms with Crippen molar-refractivity contribution in [3.05, 3.63) is 82.5 Å². The van der Waals surface area contributed by atoms with Crippen LogP contribution in [0.1, 0.15) is 27.6 Å². The quantitative estimate of drug-likeness (QED) is 0.586. The molecule has 0 saturated carbocycles. The zero-order chi connectivity index (χ0) is 19.9.